The average Bonchev–Trinajstić information content (AvgIpc) is 2.41. The van der Waals surface area contributed by atoms with Crippen LogP contribution in [0.2, 0.25) is 0 Å². The minimum Gasteiger partial charge on any atom is -0.280 e. The van der Waals surface area contributed by atoms with Crippen molar-refractivity contribution in [3.8, 4) is 0 Å². The number of rotatable bonds is 0. The highest BCUT2D eigenvalue weighted by atomic mass is 15.2. The first kappa shape index (κ1) is 5.46. The van der Waals surface area contributed by atoms with E-state index in [-0.39, 0.29) is 0 Å². The Morgan fingerprint density at radius 2 is 1.90 bits per heavy atom. The standard InChI is InChI=1S/C6H8N4/c1-3-5-6(10-7-3)4(2)8-9-5/h1-2H3,(H,7,10)(H,8,9). The number of hydrogen-bond donors (Lipinski definition) is 2. The Kier molecular flexibility index (Phi) is 0.869. The molecule has 0 aromatic carbocycles. The van der Waals surface area contributed by atoms with Gasteiger partial charge in [0.15, 0.2) is 0 Å². The van der Waals surface area contributed by atoms with Gasteiger partial charge < -0.3 is 0 Å². The van der Waals surface area contributed by atoms with Crippen molar-refractivity contribution < 1.29 is 0 Å². The molecule has 0 aliphatic carbocycles. The molecule has 2 heterocycles. The first-order chi connectivity index (χ1) is 4.79. The number of nitrogens with one attached hydrogen (secondary N) is 2. The van der Waals surface area contributed by atoms with Crippen LogP contribution in [0.25, 0.3) is 11.0 Å². The molecule has 0 atom stereocenters. The molecule has 0 amide bonds. The molecule has 0 aliphatic heterocycles. The summed E-state index contributed by atoms with van der Waals surface area (Å²) in [6.45, 7) is 3.89. The molecule has 0 fully saturated rings. The SMILES string of the molecule is Cc1n[nH]c2c(C)[nH]nc12. The Morgan fingerprint density at radius 3 is 2.60 bits per heavy atom. The summed E-state index contributed by atoms with van der Waals surface area (Å²) in [7, 11) is 0. The molecule has 4 heteroatoms. The summed E-state index contributed by atoms with van der Waals surface area (Å²) in [4.78, 5) is 0. The quantitative estimate of drug-likeness (QED) is 0.565. The molecule has 2 aromatic rings. The van der Waals surface area contributed by atoms with Crippen molar-refractivity contribution in [2.24, 2.45) is 0 Å². The molecular formula is C6H8N4. The number of hydrogen-bond acceptors (Lipinski definition) is 2. The lowest BCUT2D eigenvalue weighted by atomic mass is 10.3. The molecule has 0 unspecified atom stereocenters. The summed E-state index contributed by atoms with van der Waals surface area (Å²) in [5.41, 5.74) is 3.94. The van der Waals surface area contributed by atoms with Gasteiger partial charge in [0.05, 0.1) is 11.4 Å². The Labute approximate surface area is 57.6 Å². The lowest BCUT2D eigenvalue weighted by molar-refractivity contribution is 1.01. The van der Waals surface area contributed by atoms with Gasteiger partial charge in [-0.15, -0.1) is 0 Å². The largest absolute Gasteiger partial charge is 0.280 e. The summed E-state index contributed by atoms with van der Waals surface area (Å²) in [5.74, 6) is 0. The highest BCUT2D eigenvalue weighted by molar-refractivity contribution is 5.78. The van der Waals surface area contributed by atoms with Gasteiger partial charge in [-0.25, -0.2) is 0 Å². The summed E-state index contributed by atoms with van der Waals surface area (Å²) >= 11 is 0. The van der Waals surface area contributed by atoms with Gasteiger partial charge in [0.2, 0.25) is 0 Å². The predicted octanol–water partition coefficient (Wildman–Crippen LogP) is 0.903. The van der Waals surface area contributed by atoms with Crippen LogP contribution >= 0.6 is 0 Å². The lowest BCUT2D eigenvalue weighted by Gasteiger charge is -1.76. The molecule has 4 nitrogen and oxygen atoms in total. The van der Waals surface area contributed by atoms with Crippen molar-refractivity contribution in [2.75, 3.05) is 0 Å². The van der Waals surface area contributed by atoms with Crippen LogP contribution in [0.4, 0.5) is 0 Å². The Bertz CT molecular complexity index is 321. The van der Waals surface area contributed by atoms with Crippen LogP contribution in [0, 0.1) is 13.8 Å². The smallest absolute Gasteiger partial charge is 0.133 e. The Hall–Kier alpha value is -1.32. The van der Waals surface area contributed by atoms with E-state index in [1.165, 1.54) is 0 Å². The molecule has 2 aromatic heterocycles. The molecule has 0 saturated heterocycles. The second-order valence-corrected chi connectivity index (χ2v) is 2.38. The van der Waals surface area contributed by atoms with Crippen LogP contribution in [0.5, 0.6) is 0 Å². The average molecular weight is 136 g/mol. The van der Waals surface area contributed by atoms with Crippen molar-refractivity contribution in [2.45, 2.75) is 13.8 Å². The Balaban J connectivity index is 2.95. The predicted molar refractivity (Wildman–Crippen MR) is 37.7 cm³/mol. The maximum Gasteiger partial charge on any atom is 0.133 e. The lowest BCUT2D eigenvalue weighted by Crippen LogP contribution is -1.76. The first-order valence-electron chi connectivity index (χ1n) is 3.14. The van der Waals surface area contributed by atoms with E-state index < -0.39 is 0 Å². The van der Waals surface area contributed by atoms with E-state index in [1.807, 2.05) is 13.8 Å². The van der Waals surface area contributed by atoms with E-state index >= 15 is 0 Å². The fraction of sp³-hybridized carbons (Fsp3) is 0.333. The van der Waals surface area contributed by atoms with Gasteiger partial charge in [0.25, 0.3) is 0 Å². The second kappa shape index (κ2) is 1.59. The molecule has 10 heavy (non-hydrogen) atoms. The van der Waals surface area contributed by atoms with Gasteiger partial charge in [-0.2, -0.15) is 10.2 Å². The zero-order chi connectivity index (χ0) is 7.14. The highest BCUT2D eigenvalue weighted by Crippen LogP contribution is 2.13. The normalized spacial score (nSPS) is 11.0. The molecule has 0 bridgehead atoms. The topological polar surface area (TPSA) is 57.4 Å². The molecule has 0 aliphatic rings. The molecule has 0 radical (unpaired) electrons. The van der Waals surface area contributed by atoms with Gasteiger partial charge >= 0.3 is 0 Å². The van der Waals surface area contributed by atoms with Crippen molar-refractivity contribution in [3.05, 3.63) is 11.4 Å². The third kappa shape index (κ3) is 0.504. The maximum atomic E-state index is 4.06. The molecule has 52 valence electrons. The highest BCUT2D eigenvalue weighted by Gasteiger charge is 2.05. The summed E-state index contributed by atoms with van der Waals surface area (Å²) in [6, 6.07) is 0. The number of H-pyrrole nitrogens is 2. The molecular weight excluding hydrogens is 128 g/mol. The van der Waals surface area contributed by atoms with Gasteiger partial charge in [-0.05, 0) is 13.8 Å². The number of aromatic nitrogens is 4. The van der Waals surface area contributed by atoms with Gasteiger partial charge in [0, 0.05) is 0 Å². The summed E-state index contributed by atoms with van der Waals surface area (Å²) in [5, 5.41) is 13.8. The van der Waals surface area contributed by atoms with Crippen molar-refractivity contribution in [3.63, 3.8) is 0 Å². The van der Waals surface area contributed by atoms with Crippen LogP contribution < -0.4 is 0 Å². The molecule has 2 N–H and O–H groups in total. The van der Waals surface area contributed by atoms with E-state index in [0.717, 1.165) is 22.4 Å². The van der Waals surface area contributed by atoms with Crippen LogP contribution in [0.3, 0.4) is 0 Å². The van der Waals surface area contributed by atoms with Gasteiger partial charge in [0.1, 0.15) is 11.0 Å². The van der Waals surface area contributed by atoms with Crippen LogP contribution in [0.1, 0.15) is 11.4 Å². The zero-order valence-electron chi connectivity index (χ0n) is 5.89. The summed E-state index contributed by atoms with van der Waals surface area (Å²) < 4.78 is 0. The number of aromatic amines is 2. The van der Waals surface area contributed by atoms with Crippen molar-refractivity contribution in [1.82, 2.24) is 20.4 Å². The van der Waals surface area contributed by atoms with E-state index in [9.17, 15) is 0 Å². The molecule has 2 rings (SSSR count). The third-order valence-electron chi connectivity index (χ3n) is 1.63. The van der Waals surface area contributed by atoms with E-state index in [0.29, 0.717) is 0 Å². The Morgan fingerprint density at radius 1 is 1.10 bits per heavy atom. The monoisotopic (exact) mass is 136 g/mol. The van der Waals surface area contributed by atoms with Crippen LogP contribution in [0.15, 0.2) is 0 Å². The summed E-state index contributed by atoms with van der Waals surface area (Å²) in [6.07, 6.45) is 0. The maximum absolute atomic E-state index is 4.06. The number of fused-ring (bicyclic) bond motifs is 1. The van der Waals surface area contributed by atoms with E-state index in [1.54, 1.807) is 0 Å². The van der Waals surface area contributed by atoms with E-state index in [4.69, 9.17) is 0 Å². The van der Waals surface area contributed by atoms with Gasteiger partial charge in [-0.1, -0.05) is 0 Å². The number of nitrogens with zero attached hydrogens (tertiary/aromatic N) is 2. The van der Waals surface area contributed by atoms with Gasteiger partial charge in [-0.3, -0.25) is 10.2 Å². The first-order valence-corrected chi connectivity index (χ1v) is 3.14. The fourth-order valence-corrected chi connectivity index (χ4v) is 1.02. The fourth-order valence-electron chi connectivity index (χ4n) is 1.02. The zero-order valence-corrected chi connectivity index (χ0v) is 5.89. The third-order valence-corrected chi connectivity index (χ3v) is 1.63. The molecule has 0 saturated carbocycles. The van der Waals surface area contributed by atoms with Crippen LogP contribution in [-0.2, 0) is 0 Å². The van der Waals surface area contributed by atoms with Crippen molar-refractivity contribution in [1.29, 1.82) is 0 Å². The van der Waals surface area contributed by atoms with Crippen LogP contribution in [-0.4, -0.2) is 20.4 Å². The molecule has 0 spiro atoms. The number of aryl methyl sites for hydroxylation is 2. The second-order valence-electron chi connectivity index (χ2n) is 2.38. The van der Waals surface area contributed by atoms with Crippen molar-refractivity contribution >= 4 is 11.0 Å². The minimum absolute atomic E-state index is 0.942. The van der Waals surface area contributed by atoms with E-state index in [2.05, 4.69) is 20.4 Å². The minimum atomic E-state index is 0.942.